The van der Waals surface area contributed by atoms with Crippen LogP contribution in [-0.2, 0) is 0 Å². The molecule has 0 heteroatoms. The van der Waals surface area contributed by atoms with Gasteiger partial charge in [0.05, 0.1) is 0 Å². The highest BCUT2D eigenvalue weighted by Crippen LogP contribution is 2.31. The molecule has 3 atom stereocenters. The predicted octanol–water partition coefficient (Wildman–Crippen LogP) is 9.07. The van der Waals surface area contributed by atoms with E-state index in [9.17, 15) is 0 Å². The average Bonchev–Trinajstić information content (AvgIpc) is 2.74. The summed E-state index contributed by atoms with van der Waals surface area (Å²) in [5, 5.41) is 0. The Morgan fingerprint density at radius 2 is 0.786 bits per heavy atom. The molecule has 0 fully saturated rings. The van der Waals surface area contributed by atoms with Crippen LogP contribution >= 0.6 is 0 Å². The first-order valence-corrected chi connectivity index (χ1v) is 9.78. The van der Waals surface area contributed by atoms with Crippen molar-refractivity contribution in [2.75, 3.05) is 0 Å². The Labute approximate surface area is 174 Å². The summed E-state index contributed by atoms with van der Waals surface area (Å²) in [5.41, 5.74) is 4.28. The fourth-order valence-electron chi connectivity index (χ4n) is 3.11. The van der Waals surface area contributed by atoms with Crippen molar-refractivity contribution in [2.24, 2.45) is 0 Å². The molecule has 0 radical (unpaired) electrons. The lowest BCUT2D eigenvalue weighted by Crippen LogP contribution is -2.04. The number of hydrogen-bond acceptors (Lipinski definition) is 0. The maximum absolute atomic E-state index is 2.30. The van der Waals surface area contributed by atoms with Gasteiger partial charge in [-0.1, -0.05) is 134 Å². The molecule has 152 valence electrons. The van der Waals surface area contributed by atoms with Gasteiger partial charge < -0.3 is 0 Å². The second kappa shape index (κ2) is 13.8. The minimum absolute atomic E-state index is 0. The molecule has 0 aliphatic heterocycles. The fraction of sp³-hybridized carbons (Fsp3) is 0.357. The Bertz CT molecular complexity index is 672. The zero-order valence-electron chi connectivity index (χ0n) is 16.6. The Kier molecular flexibility index (Phi) is 12.6. The van der Waals surface area contributed by atoms with Gasteiger partial charge in [0, 0.05) is 0 Å². The van der Waals surface area contributed by atoms with Gasteiger partial charge >= 0.3 is 0 Å². The molecule has 0 saturated heterocycles. The number of benzene rings is 3. The molecule has 0 saturated carbocycles. The van der Waals surface area contributed by atoms with Gasteiger partial charge in [-0.05, 0) is 40.9 Å². The fourth-order valence-corrected chi connectivity index (χ4v) is 3.11. The molecule has 0 aliphatic rings. The van der Waals surface area contributed by atoms with Crippen molar-refractivity contribution >= 4 is 0 Å². The van der Waals surface area contributed by atoms with Crippen LogP contribution < -0.4 is 0 Å². The molecule has 0 spiro atoms. The highest BCUT2D eigenvalue weighted by atomic mass is 14.2. The minimum atomic E-state index is 0. The molecule has 0 aromatic heterocycles. The third-order valence-corrected chi connectivity index (χ3v) is 5.38. The smallest absolute Gasteiger partial charge is 0.0124 e. The molecular weight excluding hydrogens is 336 g/mol. The van der Waals surface area contributed by atoms with Crippen LogP contribution in [0, 0.1) is 0 Å². The van der Waals surface area contributed by atoms with Gasteiger partial charge in [0.1, 0.15) is 0 Å². The zero-order valence-corrected chi connectivity index (χ0v) is 16.6. The summed E-state index contributed by atoms with van der Waals surface area (Å²) in [6.07, 6.45) is 1.23. The van der Waals surface area contributed by atoms with Gasteiger partial charge in [0.2, 0.25) is 0 Å². The first-order chi connectivity index (χ1) is 12.6. The predicted molar refractivity (Wildman–Crippen MR) is 128 cm³/mol. The Balaban J connectivity index is 0.000000532. The number of rotatable bonds is 5. The second-order valence-corrected chi connectivity index (χ2v) is 7.12. The number of hydrogen-bond donors (Lipinski definition) is 0. The summed E-state index contributed by atoms with van der Waals surface area (Å²) in [6, 6.07) is 32.1. The van der Waals surface area contributed by atoms with E-state index in [1.165, 1.54) is 23.1 Å². The molecule has 28 heavy (non-hydrogen) atoms. The minimum Gasteiger partial charge on any atom is -0.0776 e. The van der Waals surface area contributed by atoms with Gasteiger partial charge in [-0.2, -0.15) is 0 Å². The first-order valence-electron chi connectivity index (χ1n) is 9.78. The van der Waals surface area contributed by atoms with Crippen molar-refractivity contribution in [3.63, 3.8) is 0 Å². The topological polar surface area (TPSA) is 0 Å². The van der Waals surface area contributed by atoms with Crippen molar-refractivity contribution in [3.05, 3.63) is 108 Å². The van der Waals surface area contributed by atoms with E-state index in [2.05, 4.69) is 119 Å². The lowest BCUT2D eigenvalue weighted by molar-refractivity contribution is 0.624. The van der Waals surface area contributed by atoms with Gasteiger partial charge in [-0.3, -0.25) is 0 Å². The van der Waals surface area contributed by atoms with Gasteiger partial charge in [-0.25, -0.2) is 0 Å². The van der Waals surface area contributed by atoms with Crippen molar-refractivity contribution in [2.45, 2.75) is 66.7 Å². The van der Waals surface area contributed by atoms with Crippen molar-refractivity contribution < 1.29 is 0 Å². The third kappa shape index (κ3) is 7.72. The largest absolute Gasteiger partial charge is 0.0776 e. The van der Waals surface area contributed by atoms with Crippen molar-refractivity contribution in [1.82, 2.24) is 0 Å². The van der Waals surface area contributed by atoms with Crippen LogP contribution in [-0.4, -0.2) is 0 Å². The van der Waals surface area contributed by atoms with Crippen LogP contribution in [0.5, 0.6) is 0 Å². The molecule has 3 rings (SSSR count). The summed E-state index contributed by atoms with van der Waals surface area (Å²) in [4.78, 5) is 0. The molecule has 0 heterocycles. The monoisotopic (exact) mass is 376 g/mol. The maximum atomic E-state index is 2.30. The van der Waals surface area contributed by atoms with E-state index >= 15 is 0 Å². The summed E-state index contributed by atoms with van der Waals surface area (Å²) >= 11 is 0. The molecule has 0 bridgehead atoms. The molecule has 0 amide bonds. The van der Waals surface area contributed by atoms with E-state index in [0.717, 1.165) is 0 Å². The maximum Gasteiger partial charge on any atom is -0.0124 e. The molecule has 0 nitrogen and oxygen atoms in total. The quantitative estimate of drug-likeness (QED) is 0.416. The van der Waals surface area contributed by atoms with Gasteiger partial charge in [0.15, 0.2) is 0 Å². The Morgan fingerprint density at radius 1 is 0.500 bits per heavy atom. The summed E-state index contributed by atoms with van der Waals surface area (Å²) in [5.74, 6) is 1.83. The highest BCUT2D eigenvalue weighted by molar-refractivity contribution is 5.27. The second-order valence-electron chi connectivity index (χ2n) is 7.12. The van der Waals surface area contributed by atoms with Crippen molar-refractivity contribution in [1.29, 1.82) is 0 Å². The summed E-state index contributed by atoms with van der Waals surface area (Å²) < 4.78 is 0. The van der Waals surface area contributed by atoms with Crippen LogP contribution in [0.15, 0.2) is 91.0 Å². The lowest BCUT2D eigenvalue weighted by Gasteiger charge is -2.20. The van der Waals surface area contributed by atoms with E-state index in [1.54, 1.807) is 0 Å². The Hall–Kier alpha value is -2.34. The standard InChI is InChI=1S/C16H18.C10H14.2CH4/c1-13(15-9-5-3-6-10-15)14(2)16-11-7-4-8-12-16;1-3-9(2)10-7-5-4-6-8-10;;/h3-14H,1-2H3;4-9H,3H2,1-2H3;2*1H4. The Morgan fingerprint density at radius 3 is 1.07 bits per heavy atom. The zero-order chi connectivity index (χ0) is 18.8. The van der Waals surface area contributed by atoms with Crippen LogP contribution in [0.4, 0.5) is 0 Å². The van der Waals surface area contributed by atoms with Crippen molar-refractivity contribution in [3.8, 4) is 0 Å². The van der Waals surface area contributed by atoms with Crippen LogP contribution in [0.3, 0.4) is 0 Å². The molecule has 3 aromatic rings. The molecular formula is C28H40. The summed E-state index contributed by atoms with van der Waals surface area (Å²) in [6.45, 7) is 9.08. The first kappa shape index (κ1) is 25.7. The van der Waals surface area contributed by atoms with Gasteiger partial charge in [-0.15, -0.1) is 0 Å². The molecule has 3 unspecified atom stereocenters. The van der Waals surface area contributed by atoms with Crippen LogP contribution in [0.1, 0.15) is 83.4 Å². The van der Waals surface area contributed by atoms with E-state index in [1.807, 2.05) is 0 Å². The summed E-state index contributed by atoms with van der Waals surface area (Å²) in [7, 11) is 0. The molecule has 3 aromatic carbocycles. The van der Waals surface area contributed by atoms with Crippen LogP contribution in [0.2, 0.25) is 0 Å². The molecule has 0 aliphatic carbocycles. The van der Waals surface area contributed by atoms with Gasteiger partial charge in [0.25, 0.3) is 0 Å². The highest BCUT2D eigenvalue weighted by Gasteiger charge is 2.15. The van der Waals surface area contributed by atoms with E-state index in [0.29, 0.717) is 17.8 Å². The third-order valence-electron chi connectivity index (χ3n) is 5.38. The SMILES string of the molecule is C.C.CC(c1ccccc1)C(C)c1ccccc1.CCC(C)c1ccccc1. The van der Waals surface area contributed by atoms with E-state index < -0.39 is 0 Å². The lowest BCUT2D eigenvalue weighted by atomic mass is 9.84. The van der Waals surface area contributed by atoms with Crippen LogP contribution in [0.25, 0.3) is 0 Å². The normalized spacial score (nSPS) is 12.9. The van der Waals surface area contributed by atoms with E-state index in [4.69, 9.17) is 0 Å². The average molecular weight is 377 g/mol. The van der Waals surface area contributed by atoms with E-state index in [-0.39, 0.29) is 14.9 Å². The molecule has 0 N–H and O–H groups in total.